The summed E-state index contributed by atoms with van der Waals surface area (Å²) in [4.78, 5) is 7.72. The van der Waals surface area contributed by atoms with E-state index in [9.17, 15) is 13.2 Å². The highest BCUT2D eigenvalue weighted by molar-refractivity contribution is 5.52. The van der Waals surface area contributed by atoms with Crippen LogP contribution >= 0.6 is 0 Å². The van der Waals surface area contributed by atoms with Gasteiger partial charge >= 0.3 is 6.18 Å². The first-order valence-corrected chi connectivity index (χ1v) is 5.36. The monoisotopic (exact) mass is 269 g/mol. The van der Waals surface area contributed by atoms with E-state index < -0.39 is 12.8 Å². The lowest BCUT2D eigenvalue weighted by molar-refractivity contribution is -0.153. The number of nitrogens with one attached hydrogen (secondary N) is 1. The van der Waals surface area contributed by atoms with E-state index in [2.05, 4.69) is 20.0 Å². The van der Waals surface area contributed by atoms with Gasteiger partial charge in [-0.1, -0.05) is 18.2 Å². The van der Waals surface area contributed by atoms with Crippen LogP contribution in [0.5, 0.6) is 5.75 Å². The molecule has 1 aromatic carbocycles. The largest absolute Gasteiger partial charge is 0.481 e. The summed E-state index contributed by atoms with van der Waals surface area (Å²) in [6.07, 6.45) is -2.00. The Morgan fingerprint density at radius 3 is 2.26 bits per heavy atom. The molecule has 0 saturated heterocycles. The second-order valence-corrected chi connectivity index (χ2v) is 3.64. The number of para-hydroxylation sites is 1. The van der Waals surface area contributed by atoms with E-state index in [0.717, 1.165) is 5.69 Å². The fourth-order valence-corrected chi connectivity index (χ4v) is 1.27. The molecule has 0 spiro atoms. The van der Waals surface area contributed by atoms with Crippen LogP contribution in [0.15, 0.2) is 42.7 Å². The molecule has 0 aliphatic carbocycles. The number of ether oxygens (including phenoxy) is 1. The normalized spacial score (nSPS) is 11.1. The van der Waals surface area contributed by atoms with Crippen molar-refractivity contribution in [3.8, 4) is 5.75 Å². The maximum Gasteiger partial charge on any atom is 0.422 e. The summed E-state index contributed by atoms with van der Waals surface area (Å²) in [7, 11) is 0. The Morgan fingerprint density at radius 1 is 1.05 bits per heavy atom. The van der Waals surface area contributed by atoms with E-state index in [1.54, 1.807) is 0 Å². The van der Waals surface area contributed by atoms with Crippen LogP contribution in [0, 0.1) is 0 Å². The average molecular weight is 269 g/mol. The van der Waals surface area contributed by atoms with Gasteiger partial charge in [0.25, 0.3) is 0 Å². The molecule has 0 atom stereocenters. The third kappa shape index (κ3) is 4.46. The van der Waals surface area contributed by atoms with Crippen LogP contribution in [-0.4, -0.2) is 22.8 Å². The molecular weight excluding hydrogens is 259 g/mol. The summed E-state index contributed by atoms with van der Waals surface area (Å²) in [5.41, 5.74) is 0.784. The minimum absolute atomic E-state index is 0.0315. The van der Waals surface area contributed by atoms with Gasteiger partial charge in [-0.2, -0.15) is 13.2 Å². The number of nitrogens with zero attached hydrogens (tertiary/aromatic N) is 2. The summed E-state index contributed by atoms with van der Waals surface area (Å²) >= 11 is 0. The molecule has 2 aromatic rings. The number of halogens is 3. The van der Waals surface area contributed by atoms with Crippen molar-refractivity contribution in [2.24, 2.45) is 0 Å². The summed E-state index contributed by atoms with van der Waals surface area (Å²) < 4.78 is 40.3. The maximum absolute atomic E-state index is 11.9. The van der Waals surface area contributed by atoms with E-state index in [0.29, 0.717) is 0 Å². The zero-order chi connectivity index (χ0) is 13.7. The van der Waals surface area contributed by atoms with Crippen molar-refractivity contribution in [1.29, 1.82) is 0 Å². The van der Waals surface area contributed by atoms with E-state index >= 15 is 0 Å². The molecular formula is C12H10F3N3O. The first kappa shape index (κ1) is 13.1. The van der Waals surface area contributed by atoms with Crippen LogP contribution in [0.2, 0.25) is 0 Å². The topological polar surface area (TPSA) is 47.0 Å². The van der Waals surface area contributed by atoms with Gasteiger partial charge in [0.1, 0.15) is 0 Å². The third-order valence-electron chi connectivity index (χ3n) is 2.06. The predicted molar refractivity (Wildman–Crippen MR) is 63.3 cm³/mol. The molecule has 1 N–H and O–H groups in total. The predicted octanol–water partition coefficient (Wildman–Crippen LogP) is 3.16. The van der Waals surface area contributed by atoms with Crippen LogP contribution in [0.25, 0.3) is 0 Å². The summed E-state index contributed by atoms with van der Waals surface area (Å²) in [5, 5.41) is 2.90. The van der Waals surface area contributed by atoms with Crippen molar-refractivity contribution in [2.75, 3.05) is 11.9 Å². The summed E-state index contributed by atoms with van der Waals surface area (Å²) in [5.74, 6) is 0.251. The van der Waals surface area contributed by atoms with Crippen molar-refractivity contribution in [3.05, 3.63) is 42.7 Å². The number of benzene rings is 1. The molecule has 4 nitrogen and oxygen atoms in total. The van der Waals surface area contributed by atoms with Gasteiger partial charge in [0, 0.05) is 5.69 Å². The molecule has 0 aliphatic rings. The van der Waals surface area contributed by atoms with Gasteiger partial charge in [-0.3, -0.25) is 0 Å². The Bertz CT molecular complexity index is 514. The first-order valence-electron chi connectivity index (χ1n) is 5.36. The molecule has 2 rings (SSSR count). The van der Waals surface area contributed by atoms with E-state index in [1.165, 1.54) is 12.4 Å². The average Bonchev–Trinajstić information content (AvgIpc) is 2.38. The number of aromatic nitrogens is 2. The Hall–Kier alpha value is -2.31. The van der Waals surface area contributed by atoms with Crippen molar-refractivity contribution >= 4 is 11.6 Å². The van der Waals surface area contributed by atoms with Crippen LogP contribution < -0.4 is 10.1 Å². The Labute approximate surface area is 107 Å². The molecule has 1 heterocycles. The van der Waals surface area contributed by atoms with Gasteiger partial charge in [-0.05, 0) is 12.1 Å². The SMILES string of the molecule is FC(F)(F)COc1cnc(Nc2ccccc2)nc1. The second-order valence-electron chi connectivity index (χ2n) is 3.64. The van der Waals surface area contributed by atoms with Gasteiger partial charge in [-0.15, -0.1) is 0 Å². The molecule has 0 saturated carbocycles. The number of hydrogen-bond acceptors (Lipinski definition) is 4. The van der Waals surface area contributed by atoms with Gasteiger partial charge in [0.15, 0.2) is 12.4 Å². The number of hydrogen-bond donors (Lipinski definition) is 1. The molecule has 1 aromatic heterocycles. The highest BCUT2D eigenvalue weighted by Crippen LogP contribution is 2.18. The lowest BCUT2D eigenvalue weighted by atomic mass is 10.3. The molecule has 7 heteroatoms. The molecule has 0 bridgehead atoms. The summed E-state index contributed by atoms with van der Waals surface area (Å²) in [6.45, 7) is -1.36. The smallest absolute Gasteiger partial charge is 0.422 e. The number of alkyl halides is 3. The van der Waals surface area contributed by atoms with Gasteiger partial charge < -0.3 is 10.1 Å². The minimum atomic E-state index is -4.37. The first-order chi connectivity index (χ1) is 9.03. The van der Waals surface area contributed by atoms with Gasteiger partial charge in [0.05, 0.1) is 12.4 Å². The Kier molecular flexibility index (Phi) is 3.84. The van der Waals surface area contributed by atoms with Crippen molar-refractivity contribution in [1.82, 2.24) is 9.97 Å². The zero-order valence-corrected chi connectivity index (χ0v) is 9.69. The fraction of sp³-hybridized carbons (Fsp3) is 0.167. The third-order valence-corrected chi connectivity index (χ3v) is 2.06. The molecule has 0 radical (unpaired) electrons. The maximum atomic E-state index is 11.9. The standard InChI is InChI=1S/C12H10F3N3O/c13-12(14,15)8-19-10-6-16-11(17-7-10)18-9-4-2-1-3-5-9/h1-7H,8H2,(H,16,17,18). The molecule has 100 valence electrons. The quantitative estimate of drug-likeness (QED) is 0.926. The van der Waals surface area contributed by atoms with Crippen LogP contribution in [-0.2, 0) is 0 Å². The van der Waals surface area contributed by atoms with E-state index in [4.69, 9.17) is 0 Å². The molecule has 0 fully saturated rings. The van der Waals surface area contributed by atoms with Crippen molar-refractivity contribution < 1.29 is 17.9 Å². The Balaban J connectivity index is 1.95. The zero-order valence-electron chi connectivity index (χ0n) is 9.69. The van der Waals surface area contributed by atoms with Gasteiger partial charge in [0.2, 0.25) is 5.95 Å². The van der Waals surface area contributed by atoms with Crippen molar-refractivity contribution in [3.63, 3.8) is 0 Å². The number of anilines is 2. The van der Waals surface area contributed by atoms with E-state index in [1.807, 2.05) is 30.3 Å². The van der Waals surface area contributed by atoms with Crippen molar-refractivity contribution in [2.45, 2.75) is 6.18 Å². The van der Waals surface area contributed by atoms with Crippen LogP contribution in [0.1, 0.15) is 0 Å². The fourth-order valence-electron chi connectivity index (χ4n) is 1.27. The van der Waals surface area contributed by atoms with E-state index in [-0.39, 0.29) is 11.7 Å². The second kappa shape index (κ2) is 5.55. The van der Waals surface area contributed by atoms with Crippen LogP contribution in [0.3, 0.4) is 0 Å². The number of rotatable bonds is 4. The Morgan fingerprint density at radius 2 is 1.68 bits per heavy atom. The van der Waals surface area contributed by atoms with Crippen LogP contribution in [0.4, 0.5) is 24.8 Å². The molecule has 0 unspecified atom stereocenters. The van der Waals surface area contributed by atoms with Gasteiger partial charge in [-0.25, -0.2) is 9.97 Å². The highest BCUT2D eigenvalue weighted by Gasteiger charge is 2.28. The molecule has 19 heavy (non-hydrogen) atoms. The highest BCUT2D eigenvalue weighted by atomic mass is 19.4. The lowest BCUT2D eigenvalue weighted by Gasteiger charge is -2.09. The lowest BCUT2D eigenvalue weighted by Crippen LogP contribution is -2.19. The molecule has 0 amide bonds. The minimum Gasteiger partial charge on any atom is -0.481 e. The summed E-state index contributed by atoms with van der Waals surface area (Å²) in [6, 6.07) is 9.17. The molecule has 0 aliphatic heterocycles.